The van der Waals surface area contributed by atoms with Gasteiger partial charge in [-0.1, -0.05) is 11.6 Å². The molecule has 0 radical (unpaired) electrons. The topological polar surface area (TPSA) is 50.8 Å². The SMILES string of the molecule is COC[C@@H]1CN(C(=O)Nc2cc(Cl)ccc2F)CCO1. The predicted octanol–water partition coefficient (Wildman–Crippen LogP) is 2.36. The van der Waals surface area contributed by atoms with Crippen LogP contribution in [-0.2, 0) is 9.47 Å². The summed E-state index contributed by atoms with van der Waals surface area (Å²) in [5.41, 5.74) is 0.0669. The summed E-state index contributed by atoms with van der Waals surface area (Å²) in [7, 11) is 1.57. The van der Waals surface area contributed by atoms with Gasteiger partial charge in [-0.2, -0.15) is 0 Å². The first kappa shape index (κ1) is 15.0. The second-order valence-electron chi connectivity index (χ2n) is 4.45. The van der Waals surface area contributed by atoms with E-state index in [1.807, 2.05) is 0 Å². The van der Waals surface area contributed by atoms with Crippen LogP contribution in [0.25, 0.3) is 0 Å². The van der Waals surface area contributed by atoms with Crippen LogP contribution in [0.5, 0.6) is 0 Å². The van der Waals surface area contributed by atoms with Gasteiger partial charge in [0.15, 0.2) is 0 Å². The fourth-order valence-corrected chi connectivity index (χ4v) is 2.15. The quantitative estimate of drug-likeness (QED) is 0.932. The average molecular weight is 303 g/mol. The maximum atomic E-state index is 13.6. The fourth-order valence-electron chi connectivity index (χ4n) is 1.98. The van der Waals surface area contributed by atoms with Crippen molar-refractivity contribution in [1.29, 1.82) is 0 Å². The Morgan fingerprint density at radius 2 is 2.45 bits per heavy atom. The first-order valence-corrected chi connectivity index (χ1v) is 6.59. The summed E-state index contributed by atoms with van der Waals surface area (Å²) in [6.07, 6.45) is -0.163. The van der Waals surface area contributed by atoms with E-state index in [1.165, 1.54) is 18.2 Å². The Hall–Kier alpha value is -1.37. The molecule has 1 atom stereocenters. The highest BCUT2D eigenvalue weighted by Crippen LogP contribution is 2.20. The lowest BCUT2D eigenvalue weighted by Crippen LogP contribution is -2.48. The molecule has 1 fully saturated rings. The minimum atomic E-state index is -0.524. The molecule has 1 aliphatic rings. The number of ether oxygens (including phenoxy) is 2. The van der Waals surface area contributed by atoms with Crippen LogP contribution in [-0.4, -0.2) is 50.4 Å². The summed E-state index contributed by atoms with van der Waals surface area (Å²) >= 11 is 5.78. The summed E-state index contributed by atoms with van der Waals surface area (Å²) in [4.78, 5) is 13.7. The number of carbonyl (C=O) groups is 1. The summed E-state index contributed by atoms with van der Waals surface area (Å²) in [5.74, 6) is -0.524. The van der Waals surface area contributed by atoms with E-state index in [1.54, 1.807) is 12.0 Å². The fraction of sp³-hybridized carbons (Fsp3) is 0.462. The van der Waals surface area contributed by atoms with Crippen molar-refractivity contribution in [3.63, 3.8) is 0 Å². The number of benzene rings is 1. The average Bonchev–Trinajstić information content (AvgIpc) is 2.43. The van der Waals surface area contributed by atoms with Crippen LogP contribution in [0.15, 0.2) is 18.2 Å². The zero-order valence-electron chi connectivity index (χ0n) is 11.1. The molecular weight excluding hydrogens is 287 g/mol. The number of morpholine rings is 1. The van der Waals surface area contributed by atoms with Gasteiger partial charge in [-0.05, 0) is 18.2 Å². The Kier molecular flexibility index (Phi) is 5.17. The number of methoxy groups -OCH3 is 1. The lowest BCUT2D eigenvalue weighted by molar-refractivity contribution is -0.0481. The zero-order valence-corrected chi connectivity index (χ0v) is 11.8. The second kappa shape index (κ2) is 6.88. The summed E-state index contributed by atoms with van der Waals surface area (Å²) < 4.78 is 24.0. The van der Waals surface area contributed by atoms with E-state index in [0.717, 1.165) is 0 Å². The standard InChI is InChI=1S/C13H16ClFN2O3/c1-19-8-10-7-17(4-5-20-10)13(18)16-12-6-9(14)2-3-11(12)15/h2-3,6,10H,4-5,7-8H2,1H3,(H,16,18)/t10-/m0/s1. The van der Waals surface area contributed by atoms with Crippen LogP contribution in [0.1, 0.15) is 0 Å². The molecule has 2 amide bonds. The molecule has 7 heteroatoms. The molecule has 1 N–H and O–H groups in total. The Balaban J connectivity index is 1.99. The van der Waals surface area contributed by atoms with Crippen molar-refractivity contribution in [3.05, 3.63) is 29.0 Å². The number of nitrogens with zero attached hydrogens (tertiary/aromatic N) is 1. The molecule has 1 saturated heterocycles. The summed E-state index contributed by atoms with van der Waals surface area (Å²) in [6, 6.07) is 3.64. The number of hydrogen-bond donors (Lipinski definition) is 1. The van der Waals surface area contributed by atoms with Crippen molar-refractivity contribution in [3.8, 4) is 0 Å². The largest absolute Gasteiger partial charge is 0.382 e. The molecule has 20 heavy (non-hydrogen) atoms. The van der Waals surface area contributed by atoms with Crippen LogP contribution >= 0.6 is 11.6 Å². The molecule has 0 aromatic heterocycles. The van der Waals surface area contributed by atoms with Crippen LogP contribution < -0.4 is 5.32 Å². The summed E-state index contributed by atoms with van der Waals surface area (Å²) in [5, 5.41) is 2.88. The van der Waals surface area contributed by atoms with Gasteiger partial charge < -0.3 is 19.7 Å². The van der Waals surface area contributed by atoms with E-state index in [4.69, 9.17) is 21.1 Å². The Morgan fingerprint density at radius 1 is 1.65 bits per heavy atom. The van der Waals surface area contributed by atoms with Crippen LogP contribution in [0.4, 0.5) is 14.9 Å². The van der Waals surface area contributed by atoms with Gasteiger partial charge in [-0.25, -0.2) is 9.18 Å². The minimum absolute atomic E-state index is 0.0669. The third-order valence-corrected chi connectivity index (χ3v) is 3.18. The van der Waals surface area contributed by atoms with Gasteiger partial charge in [0.2, 0.25) is 0 Å². The normalized spacial score (nSPS) is 18.9. The van der Waals surface area contributed by atoms with Crippen LogP contribution in [0.3, 0.4) is 0 Å². The molecule has 0 spiro atoms. The van der Waals surface area contributed by atoms with Crippen LogP contribution in [0.2, 0.25) is 5.02 Å². The second-order valence-corrected chi connectivity index (χ2v) is 4.88. The van der Waals surface area contributed by atoms with Gasteiger partial charge in [0.05, 0.1) is 31.5 Å². The zero-order chi connectivity index (χ0) is 14.5. The van der Waals surface area contributed by atoms with E-state index in [2.05, 4.69) is 5.32 Å². The highest BCUT2D eigenvalue weighted by atomic mass is 35.5. The van der Waals surface area contributed by atoms with E-state index in [9.17, 15) is 9.18 Å². The molecule has 1 aliphatic heterocycles. The molecule has 1 aromatic carbocycles. The Morgan fingerprint density at radius 3 is 3.20 bits per heavy atom. The Labute approximate surface area is 121 Å². The lowest BCUT2D eigenvalue weighted by atomic mass is 10.3. The number of nitrogens with one attached hydrogen (secondary N) is 1. The van der Waals surface area contributed by atoms with E-state index in [0.29, 0.717) is 31.3 Å². The van der Waals surface area contributed by atoms with Crippen molar-refractivity contribution in [2.75, 3.05) is 38.7 Å². The number of anilines is 1. The number of hydrogen-bond acceptors (Lipinski definition) is 3. The minimum Gasteiger partial charge on any atom is -0.382 e. The van der Waals surface area contributed by atoms with Crippen molar-refractivity contribution < 1.29 is 18.7 Å². The van der Waals surface area contributed by atoms with Gasteiger partial charge in [0, 0.05) is 18.7 Å². The Bertz CT molecular complexity index is 485. The van der Waals surface area contributed by atoms with E-state index in [-0.39, 0.29) is 17.8 Å². The number of carbonyl (C=O) groups excluding carboxylic acids is 1. The first-order valence-electron chi connectivity index (χ1n) is 6.21. The van der Waals surface area contributed by atoms with Crippen molar-refractivity contribution in [1.82, 2.24) is 4.90 Å². The first-order chi connectivity index (χ1) is 9.60. The van der Waals surface area contributed by atoms with Crippen molar-refractivity contribution in [2.24, 2.45) is 0 Å². The smallest absolute Gasteiger partial charge is 0.322 e. The number of rotatable bonds is 3. The van der Waals surface area contributed by atoms with Gasteiger partial charge >= 0.3 is 6.03 Å². The third kappa shape index (κ3) is 3.82. The maximum Gasteiger partial charge on any atom is 0.322 e. The molecule has 1 aromatic rings. The number of amides is 2. The van der Waals surface area contributed by atoms with E-state index >= 15 is 0 Å². The van der Waals surface area contributed by atoms with Gasteiger partial charge in [-0.15, -0.1) is 0 Å². The molecule has 5 nitrogen and oxygen atoms in total. The molecule has 0 aliphatic carbocycles. The van der Waals surface area contributed by atoms with Gasteiger partial charge in [-0.3, -0.25) is 0 Å². The molecule has 1 heterocycles. The third-order valence-electron chi connectivity index (χ3n) is 2.95. The highest BCUT2D eigenvalue weighted by Gasteiger charge is 2.24. The van der Waals surface area contributed by atoms with Crippen molar-refractivity contribution >= 4 is 23.3 Å². The van der Waals surface area contributed by atoms with Gasteiger partial charge in [0.25, 0.3) is 0 Å². The molecule has 0 bridgehead atoms. The molecule has 0 unspecified atom stereocenters. The van der Waals surface area contributed by atoms with E-state index < -0.39 is 5.82 Å². The number of halogens is 2. The predicted molar refractivity (Wildman–Crippen MR) is 73.6 cm³/mol. The molecule has 0 saturated carbocycles. The van der Waals surface area contributed by atoms with Crippen molar-refractivity contribution in [2.45, 2.75) is 6.10 Å². The number of urea groups is 1. The maximum absolute atomic E-state index is 13.6. The molecular formula is C13H16ClFN2O3. The van der Waals surface area contributed by atoms with Crippen LogP contribution in [0, 0.1) is 5.82 Å². The lowest BCUT2D eigenvalue weighted by Gasteiger charge is -2.32. The van der Waals surface area contributed by atoms with Gasteiger partial charge in [0.1, 0.15) is 5.82 Å². The highest BCUT2D eigenvalue weighted by molar-refractivity contribution is 6.30. The summed E-state index contributed by atoms with van der Waals surface area (Å²) in [6.45, 7) is 1.70. The molecule has 110 valence electrons. The monoisotopic (exact) mass is 302 g/mol. The molecule has 2 rings (SSSR count).